The second-order valence-electron chi connectivity index (χ2n) is 4.07. The van der Waals surface area contributed by atoms with E-state index in [-0.39, 0.29) is 0 Å². The van der Waals surface area contributed by atoms with Gasteiger partial charge in [-0.3, -0.25) is 0 Å². The van der Waals surface area contributed by atoms with E-state index in [1.54, 1.807) is 6.07 Å². The van der Waals surface area contributed by atoms with Crippen molar-refractivity contribution in [3.8, 4) is 6.07 Å². The summed E-state index contributed by atoms with van der Waals surface area (Å²) in [6, 6.07) is 7.57. The fraction of sp³-hybridized carbons (Fsp3) is 0.154. The molecule has 0 aliphatic rings. The van der Waals surface area contributed by atoms with Gasteiger partial charge in [0.15, 0.2) is 5.69 Å². The third-order valence-electron chi connectivity index (χ3n) is 2.38. The standard InChI is InChI=1S/C13H13N5/c1-8-3-9(2)17-13(4-8)18-11-5-10(15)7-16-12(11)6-14/h3-5,7H,15H2,1-2H3,(H,17,18). The van der Waals surface area contributed by atoms with Gasteiger partial charge >= 0.3 is 0 Å². The molecule has 5 nitrogen and oxygen atoms in total. The van der Waals surface area contributed by atoms with E-state index in [0.29, 0.717) is 22.9 Å². The zero-order chi connectivity index (χ0) is 13.1. The van der Waals surface area contributed by atoms with Gasteiger partial charge in [0.25, 0.3) is 0 Å². The molecule has 2 aromatic heterocycles. The normalized spacial score (nSPS) is 9.83. The highest BCUT2D eigenvalue weighted by Crippen LogP contribution is 2.21. The number of nitrogens with two attached hydrogens (primary N) is 1. The van der Waals surface area contributed by atoms with Gasteiger partial charge < -0.3 is 11.1 Å². The molecule has 0 unspecified atom stereocenters. The van der Waals surface area contributed by atoms with Crippen molar-refractivity contribution >= 4 is 17.2 Å². The molecule has 0 fully saturated rings. The number of aryl methyl sites for hydroxylation is 2. The predicted octanol–water partition coefficient (Wildman–Crippen LogP) is 2.29. The van der Waals surface area contributed by atoms with Crippen molar-refractivity contribution in [2.24, 2.45) is 0 Å². The maximum atomic E-state index is 8.98. The monoisotopic (exact) mass is 239 g/mol. The highest BCUT2D eigenvalue weighted by Gasteiger charge is 2.06. The molecule has 0 atom stereocenters. The van der Waals surface area contributed by atoms with Crippen molar-refractivity contribution in [3.05, 3.63) is 41.3 Å². The van der Waals surface area contributed by atoms with E-state index >= 15 is 0 Å². The minimum atomic E-state index is 0.296. The van der Waals surface area contributed by atoms with Crippen molar-refractivity contribution in [2.75, 3.05) is 11.1 Å². The molecule has 2 aromatic rings. The van der Waals surface area contributed by atoms with Gasteiger partial charge in [-0.2, -0.15) is 5.26 Å². The fourth-order valence-electron chi connectivity index (χ4n) is 1.71. The van der Waals surface area contributed by atoms with Crippen LogP contribution in [0.4, 0.5) is 17.2 Å². The number of aromatic nitrogens is 2. The highest BCUT2D eigenvalue weighted by molar-refractivity contribution is 5.66. The molecule has 18 heavy (non-hydrogen) atoms. The van der Waals surface area contributed by atoms with Crippen LogP contribution in [0.1, 0.15) is 17.0 Å². The van der Waals surface area contributed by atoms with Crippen LogP contribution in [0, 0.1) is 25.2 Å². The fourth-order valence-corrected chi connectivity index (χ4v) is 1.71. The van der Waals surface area contributed by atoms with Gasteiger partial charge in [-0.15, -0.1) is 0 Å². The molecule has 0 aromatic carbocycles. The summed E-state index contributed by atoms with van der Waals surface area (Å²) in [6.07, 6.45) is 1.46. The van der Waals surface area contributed by atoms with Crippen LogP contribution in [0.15, 0.2) is 24.4 Å². The Hall–Kier alpha value is -2.61. The van der Waals surface area contributed by atoms with E-state index in [2.05, 4.69) is 15.3 Å². The molecule has 90 valence electrons. The summed E-state index contributed by atoms with van der Waals surface area (Å²) >= 11 is 0. The average Bonchev–Trinajstić information content (AvgIpc) is 2.27. The second kappa shape index (κ2) is 4.72. The molecule has 0 saturated carbocycles. The molecule has 0 aliphatic carbocycles. The number of nitrogens with one attached hydrogen (secondary N) is 1. The van der Waals surface area contributed by atoms with Crippen molar-refractivity contribution in [2.45, 2.75) is 13.8 Å². The second-order valence-corrected chi connectivity index (χ2v) is 4.07. The Bertz CT molecular complexity index is 608. The van der Waals surface area contributed by atoms with Gasteiger partial charge in [-0.1, -0.05) is 0 Å². The molecule has 0 aliphatic heterocycles. The molecule has 0 saturated heterocycles. The summed E-state index contributed by atoms with van der Waals surface area (Å²) in [7, 11) is 0. The number of hydrogen-bond donors (Lipinski definition) is 2. The Kier molecular flexibility index (Phi) is 3.11. The van der Waals surface area contributed by atoms with Crippen molar-refractivity contribution in [1.82, 2.24) is 9.97 Å². The van der Waals surface area contributed by atoms with Gasteiger partial charge in [0.1, 0.15) is 11.9 Å². The lowest BCUT2D eigenvalue weighted by Crippen LogP contribution is -2.00. The smallest absolute Gasteiger partial charge is 0.164 e. The maximum absolute atomic E-state index is 8.98. The van der Waals surface area contributed by atoms with Crippen LogP contribution in [-0.4, -0.2) is 9.97 Å². The van der Waals surface area contributed by atoms with Gasteiger partial charge in [0.05, 0.1) is 17.6 Å². The van der Waals surface area contributed by atoms with Crippen LogP contribution < -0.4 is 11.1 Å². The molecular formula is C13H13N5. The lowest BCUT2D eigenvalue weighted by molar-refractivity contribution is 1.17. The largest absolute Gasteiger partial charge is 0.397 e. The number of anilines is 3. The van der Waals surface area contributed by atoms with Crippen LogP contribution in [0.2, 0.25) is 0 Å². The quantitative estimate of drug-likeness (QED) is 0.839. The first-order chi connectivity index (χ1) is 8.58. The minimum Gasteiger partial charge on any atom is -0.397 e. The van der Waals surface area contributed by atoms with E-state index < -0.39 is 0 Å². The van der Waals surface area contributed by atoms with Crippen LogP contribution in [-0.2, 0) is 0 Å². The van der Waals surface area contributed by atoms with E-state index in [1.165, 1.54) is 6.20 Å². The molecular weight excluding hydrogens is 226 g/mol. The molecule has 3 N–H and O–H groups in total. The molecule has 0 spiro atoms. The van der Waals surface area contributed by atoms with E-state index in [9.17, 15) is 0 Å². The first-order valence-corrected chi connectivity index (χ1v) is 5.46. The predicted molar refractivity (Wildman–Crippen MR) is 70.4 cm³/mol. The molecule has 0 bridgehead atoms. The zero-order valence-electron chi connectivity index (χ0n) is 10.2. The van der Waals surface area contributed by atoms with Gasteiger partial charge in [0, 0.05) is 5.69 Å². The Labute approximate surface area is 105 Å². The number of nitrogens with zero attached hydrogens (tertiary/aromatic N) is 3. The molecule has 2 heterocycles. The van der Waals surface area contributed by atoms with Crippen molar-refractivity contribution in [3.63, 3.8) is 0 Å². The topological polar surface area (TPSA) is 87.6 Å². The number of rotatable bonds is 2. The number of nitrogen functional groups attached to an aromatic ring is 1. The Morgan fingerprint density at radius 3 is 2.72 bits per heavy atom. The summed E-state index contributed by atoms with van der Waals surface area (Å²) in [5.41, 5.74) is 9.03. The first kappa shape index (κ1) is 11.9. The number of pyridine rings is 2. The lowest BCUT2D eigenvalue weighted by atomic mass is 10.2. The SMILES string of the molecule is Cc1cc(C)nc(Nc2cc(N)cnc2C#N)c1. The third kappa shape index (κ3) is 2.55. The molecule has 2 rings (SSSR count). The van der Waals surface area contributed by atoms with Crippen LogP contribution in [0.5, 0.6) is 0 Å². The highest BCUT2D eigenvalue weighted by atomic mass is 15.0. The van der Waals surface area contributed by atoms with Gasteiger partial charge in [-0.05, 0) is 37.6 Å². The van der Waals surface area contributed by atoms with Crippen LogP contribution >= 0.6 is 0 Å². The minimum absolute atomic E-state index is 0.296. The molecule has 0 radical (unpaired) electrons. The Morgan fingerprint density at radius 2 is 2.06 bits per heavy atom. The average molecular weight is 239 g/mol. The summed E-state index contributed by atoms with van der Waals surface area (Å²) < 4.78 is 0. The van der Waals surface area contributed by atoms with E-state index in [4.69, 9.17) is 11.0 Å². The van der Waals surface area contributed by atoms with Crippen molar-refractivity contribution in [1.29, 1.82) is 5.26 Å². The van der Waals surface area contributed by atoms with E-state index in [0.717, 1.165) is 11.3 Å². The van der Waals surface area contributed by atoms with Crippen LogP contribution in [0.25, 0.3) is 0 Å². The number of hydrogen-bond acceptors (Lipinski definition) is 5. The van der Waals surface area contributed by atoms with Crippen molar-refractivity contribution < 1.29 is 0 Å². The lowest BCUT2D eigenvalue weighted by Gasteiger charge is -2.09. The summed E-state index contributed by atoms with van der Waals surface area (Å²) in [5.74, 6) is 0.677. The van der Waals surface area contributed by atoms with Gasteiger partial charge in [0.2, 0.25) is 0 Å². The summed E-state index contributed by atoms with van der Waals surface area (Å²) in [4.78, 5) is 8.31. The Balaban J connectivity index is 2.39. The summed E-state index contributed by atoms with van der Waals surface area (Å²) in [6.45, 7) is 3.91. The zero-order valence-corrected chi connectivity index (χ0v) is 10.2. The van der Waals surface area contributed by atoms with Crippen LogP contribution in [0.3, 0.4) is 0 Å². The molecule has 5 heteroatoms. The van der Waals surface area contributed by atoms with E-state index in [1.807, 2.05) is 32.0 Å². The number of nitriles is 1. The summed E-state index contributed by atoms with van der Waals surface area (Å²) in [5, 5.41) is 12.1. The Morgan fingerprint density at radius 1 is 1.28 bits per heavy atom. The molecule has 0 amide bonds. The first-order valence-electron chi connectivity index (χ1n) is 5.46. The third-order valence-corrected chi connectivity index (χ3v) is 2.38. The maximum Gasteiger partial charge on any atom is 0.164 e. The van der Waals surface area contributed by atoms with Gasteiger partial charge in [-0.25, -0.2) is 9.97 Å².